The van der Waals surface area contributed by atoms with Crippen molar-refractivity contribution in [1.29, 1.82) is 0 Å². The van der Waals surface area contributed by atoms with Crippen LogP contribution in [0.4, 0.5) is 0 Å². The molecule has 0 aromatic rings. The molecule has 65 valence electrons. The molecule has 3 heteroatoms. The minimum Gasteiger partial charge on any atom is -0.463 e. The fraction of sp³-hybridized carbons (Fsp3) is 0.556. The third-order valence-electron chi connectivity index (χ3n) is 1.68. The van der Waals surface area contributed by atoms with Gasteiger partial charge < -0.3 is 9.89 Å². The maximum atomic E-state index is 3.77. The summed E-state index contributed by atoms with van der Waals surface area (Å²) < 4.78 is 0. The van der Waals surface area contributed by atoms with E-state index < -0.39 is 0 Å². The largest absolute Gasteiger partial charge is 0.463 e. The van der Waals surface area contributed by atoms with Crippen LogP contribution in [-0.4, -0.2) is 24.2 Å². The van der Waals surface area contributed by atoms with Crippen molar-refractivity contribution in [2.45, 2.75) is 19.3 Å². The van der Waals surface area contributed by atoms with Gasteiger partial charge in [-0.05, 0) is 25.9 Å². The molecule has 0 saturated carbocycles. The first kappa shape index (κ1) is 12.5. The Hall–Kier alpha value is 0.474. The topological polar surface area (TPSA) is 15.6 Å². The zero-order valence-electron chi connectivity index (χ0n) is 7.37. The third-order valence-corrected chi connectivity index (χ3v) is 1.68. The van der Waals surface area contributed by atoms with Crippen molar-refractivity contribution >= 4 is 6.21 Å². The van der Waals surface area contributed by atoms with Crippen LogP contribution in [0.15, 0.2) is 17.3 Å². The Morgan fingerprint density at radius 2 is 2.00 bits per heavy atom. The van der Waals surface area contributed by atoms with Gasteiger partial charge >= 0.3 is 0 Å². The standard InChI is InChI=1S/C5H10N.C4H4N.Y/c1-6-4-2-3-5-6;1-2-4-5-3-1;/h1-5H2;1,3H,2H2;/q2*-1;. The Morgan fingerprint density at radius 3 is 2.17 bits per heavy atom. The molecule has 0 aromatic carbocycles. The number of allylic oxidation sites excluding steroid dienone is 1. The average Bonchev–Trinajstić information content (AvgIpc) is 2.57. The number of aliphatic imine (C=N–C) groups is 1. The normalized spacial score (nSPS) is 20.1. The van der Waals surface area contributed by atoms with Gasteiger partial charge in [-0.3, -0.25) is 7.05 Å². The van der Waals surface area contributed by atoms with E-state index in [1.165, 1.54) is 25.9 Å². The fourth-order valence-electron chi connectivity index (χ4n) is 1.05. The van der Waals surface area contributed by atoms with Gasteiger partial charge in [-0.25, -0.2) is 0 Å². The van der Waals surface area contributed by atoms with Crippen molar-refractivity contribution in [1.82, 2.24) is 4.90 Å². The van der Waals surface area contributed by atoms with Gasteiger partial charge in [-0.1, -0.05) is 6.42 Å². The number of nitrogens with zero attached hydrogens (tertiary/aromatic N) is 2. The molecule has 2 aliphatic rings. The molecule has 0 atom stereocenters. The zero-order chi connectivity index (χ0) is 7.94. The van der Waals surface area contributed by atoms with Crippen LogP contribution < -0.4 is 0 Å². The zero-order valence-corrected chi connectivity index (χ0v) is 10.2. The molecular weight excluding hydrogens is 225 g/mol. The van der Waals surface area contributed by atoms with E-state index in [0.717, 1.165) is 6.42 Å². The third kappa shape index (κ3) is 6.04. The number of likely N-dealkylation sites (tertiary alicyclic amines) is 1. The van der Waals surface area contributed by atoms with Crippen LogP contribution in [0.5, 0.6) is 0 Å². The van der Waals surface area contributed by atoms with E-state index in [0.29, 0.717) is 0 Å². The number of hydrogen-bond donors (Lipinski definition) is 0. The number of hydrogen-bond acceptors (Lipinski definition) is 2. The van der Waals surface area contributed by atoms with Crippen molar-refractivity contribution in [2.24, 2.45) is 4.99 Å². The van der Waals surface area contributed by atoms with Crippen molar-refractivity contribution in [3.05, 3.63) is 19.3 Å². The van der Waals surface area contributed by atoms with Crippen molar-refractivity contribution in [2.75, 3.05) is 13.1 Å². The molecule has 0 amide bonds. The summed E-state index contributed by atoms with van der Waals surface area (Å²) >= 11 is 0. The SMILES string of the molecule is [C-]1=NC=CC1.[CH2-]N1CCCC1.[Y]. The predicted octanol–water partition coefficient (Wildman–Crippen LogP) is 1.72. The molecule has 12 heavy (non-hydrogen) atoms. The van der Waals surface area contributed by atoms with Gasteiger partial charge in [0.1, 0.15) is 0 Å². The van der Waals surface area contributed by atoms with Gasteiger partial charge in [0.15, 0.2) is 0 Å². The Balaban J connectivity index is 0.000000189. The quantitative estimate of drug-likeness (QED) is 0.588. The summed E-state index contributed by atoms with van der Waals surface area (Å²) in [6.07, 6.45) is 10.0. The molecule has 2 heterocycles. The van der Waals surface area contributed by atoms with Crippen molar-refractivity contribution < 1.29 is 32.7 Å². The molecule has 2 aliphatic heterocycles. The maximum Gasteiger partial charge on any atom is 0 e. The van der Waals surface area contributed by atoms with E-state index in [1.54, 1.807) is 6.20 Å². The first-order valence-corrected chi connectivity index (χ1v) is 4.03. The minimum atomic E-state index is 0. The maximum absolute atomic E-state index is 3.77. The first-order valence-electron chi connectivity index (χ1n) is 4.03. The van der Waals surface area contributed by atoms with Crippen LogP contribution in [0.2, 0.25) is 0 Å². The van der Waals surface area contributed by atoms with Gasteiger partial charge in [-0.15, -0.1) is 6.20 Å². The molecule has 1 fully saturated rings. The number of rotatable bonds is 0. The van der Waals surface area contributed by atoms with Crippen LogP contribution in [0.1, 0.15) is 19.3 Å². The molecule has 0 bridgehead atoms. The van der Waals surface area contributed by atoms with Crippen molar-refractivity contribution in [3.63, 3.8) is 0 Å². The molecule has 0 unspecified atom stereocenters. The Bertz CT molecular complexity index is 139. The van der Waals surface area contributed by atoms with E-state index in [9.17, 15) is 0 Å². The first-order chi connectivity index (χ1) is 5.39. The second kappa shape index (κ2) is 8.09. The van der Waals surface area contributed by atoms with Crippen LogP contribution in [0, 0.1) is 7.05 Å². The van der Waals surface area contributed by atoms with Crippen LogP contribution in [-0.2, 0) is 32.7 Å². The van der Waals surface area contributed by atoms with Gasteiger partial charge in [-0.2, -0.15) is 12.3 Å². The summed E-state index contributed by atoms with van der Waals surface area (Å²) in [6.45, 7) is 2.42. The monoisotopic (exact) mass is 239 g/mol. The van der Waals surface area contributed by atoms with E-state index in [-0.39, 0.29) is 32.7 Å². The van der Waals surface area contributed by atoms with Crippen LogP contribution >= 0.6 is 0 Å². The molecule has 0 N–H and O–H groups in total. The van der Waals surface area contributed by atoms with E-state index in [4.69, 9.17) is 0 Å². The average molecular weight is 239 g/mol. The predicted molar refractivity (Wildman–Crippen MR) is 47.4 cm³/mol. The molecule has 1 saturated heterocycles. The molecule has 0 aliphatic carbocycles. The molecule has 0 aromatic heterocycles. The molecule has 0 spiro atoms. The summed E-state index contributed by atoms with van der Waals surface area (Å²) in [5.74, 6) is 0. The summed E-state index contributed by atoms with van der Waals surface area (Å²) in [5, 5.41) is 0. The molecule has 2 nitrogen and oxygen atoms in total. The smallest absolute Gasteiger partial charge is 0 e. The molecule has 1 radical (unpaired) electrons. The fourth-order valence-corrected chi connectivity index (χ4v) is 1.05. The van der Waals surface area contributed by atoms with E-state index in [2.05, 4.69) is 23.2 Å². The van der Waals surface area contributed by atoms with E-state index >= 15 is 0 Å². The molecule has 2 rings (SSSR count). The van der Waals surface area contributed by atoms with Crippen LogP contribution in [0.3, 0.4) is 0 Å². The summed E-state index contributed by atoms with van der Waals surface area (Å²) in [6, 6.07) is 0. The summed E-state index contributed by atoms with van der Waals surface area (Å²) in [5.41, 5.74) is 0. The summed E-state index contributed by atoms with van der Waals surface area (Å²) in [7, 11) is 3.77. The second-order valence-electron chi connectivity index (χ2n) is 2.70. The van der Waals surface area contributed by atoms with Gasteiger partial charge in [0.25, 0.3) is 0 Å². The Morgan fingerprint density at radius 1 is 1.33 bits per heavy atom. The van der Waals surface area contributed by atoms with Gasteiger partial charge in [0.2, 0.25) is 0 Å². The van der Waals surface area contributed by atoms with Gasteiger partial charge in [0.05, 0.1) is 0 Å². The van der Waals surface area contributed by atoms with E-state index in [1.807, 2.05) is 6.08 Å². The Kier molecular flexibility index (Phi) is 8.41. The Labute approximate surface area is 100 Å². The van der Waals surface area contributed by atoms with Crippen molar-refractivity contribution in [3.8, 4) is 0 Å². The minimum absolute atomic E-state index is 0. The second-order valence-corrected chi connectivity index (χ2v) is 2.70. The van der Waals surface area contributed by atoms with Crippen LogP contribution in [0.25, 0.3) is 0 Å². The molecular formula is C9H14N2Y-2. The van der Waals surface area contributed by atoms with Gasteiger partial charge in [0, 0.05) is 32.7 Å². The summed E-state index contributed by atoms with van der Waals surface area (Å²) in [4.78, 5) is 5.76.